The number of hydrogen-bond donors (Lipinski definition) is 3. The quantitative estimate of drug-likeness (QED) is 0.320. The molecule has 6 heteroatoms. The number of ether oxygens (including phenoxy) is 1. The number of benzene rings is 1. The Morgan fingerprint density at radius 3 is 2.12 bits per heavy atom. The molecule has 0 saturated heterocycles. The molecule has 0 saturated carbocycles. The van der Waals surface area contributed by atoms with Gasteiger partial charge in [-0.2, -0.15) is 0 Å². The molecule has 0 aromatic heterocycles. The Morgan fingerprint density at radius 1 is 1.19 bits per heavy atom. The summed E-state index contributed by atoms with van der Waals surface area (Å²) < 4.78 is 5.53. The maximum Gasteiger partial charge on any atom is 0.229 e. The summed E-state index contributed by atoms with van der Waals surface area (Å²) in [6.45, 7) is 12.1. The van der Waals surface area contributed by atoms with Crippen molar-refractivity contribution in [1.29, 1.82) is 0 Å². The van der Waals surface area contributed by atoms with Crippen LogP contribution in [0.2, 0.25) is 0 Å². The summed E-state index contributed by atoms with van der Waals surface area (Å²) in [7, 11) is 1.56. The Labute approximate surface area is 157 Å². The van der Waals surface area contributed by atoms with E-state index in [9.17, 15) is 9.90 Å². The number of nitrogens with one attached hydrogen (secondary N) is 2. The topological polar surface area (TPSA) is 83.0 Å². The second-order valence-electron chi connectivity index (χ2n) is 7.31. The molecule has 0 radical (unpaired) electrons. The highest BCUT2D eigenvalue weighted by molar-refractivity contribution is 5.84. The van der Waals surface area contributed by atoms with E-state index in [2.05, 4.69) is 36.4 Å². The molecule has 0 bridgehead atoms. The van der Waals surface area contributed by atoms with Crippen LogP contribution in [-0.2, 0) is 9.53 Å². The predicted octanol–water partition coefficient (Wildman–Crippen LogP) is 3.93. The largest absolute Gasteiger partial charge is 0.510 e. The molecular formula is C20H33N3O3. The highest BCUT2D eigenvalue weighted by atomic mass is 16.5. The number of carbonyl (C=O) groups excluding carboxylic acids is 1. The van der Waals surface area contributed by atoms with E-state index in [4.69, 9.17) is 4.74 Å². The molecular weight excluding hydrogens is 330 g/mol. The number of aldehydes is 1. The minimum Gasteiger partial charge on any atom is -0.510 e. The van der Waals surface area contributed by atoms with Gasteiger partial charge in [-0.1, -0.05) is 51.1 Å². The molecule has 6 nitrogen and oxygen atoms in total. The number of aliphatic hydroxyl groups excluding tert-OH is 1. The van der Waals surface area contributed by atoms with Gasteiger partial charge < -0.3 is 20.0 Å². The molecule has 0 amide bonds. The molecule has 1 aromatic carbocycles. The van der Waals surface area contributed by atoms with Crippen LogP contribution < -0.4 is 10.6 Å². The molecule has 26 heavy (non-hydrogen) atoms. The lowest BCUT2D eigenvalue weighted by atomic mass is 10.1. The number of aliphatic imine (C=N–C) groups is 1. The van der Waals surface area contributed by atoms with Crippen molar-refractivity contribution in [3.63, 3.8) is 0 Å². The molecule has 0 aliphatic rings. The molecule has 1 aromatic rings. The first-order valence-corrected chi connectivity index (χ1v) is 8.67. The van der Waals surface area contributed by atoms with Gasteiger partial charge in [0.15, 0.2) is 5.96 Å². The molecule has 0 spiro atoms. The summed E-state index contributed by atoms with van der Waals surface area (Å²) in [5.41, 5.74) is 0.330. The van der Waals surface area contributed by atoms with Gasteiger partial charge in [0, 0.05) is 7.05 Å². The minimum atomic E-state index is -0.554. The first kappa shape index (κ1) is 23.5. The summed E-state index contributed by atoms with van der Waals surface area (Å²) in [5, 5.41) is 15.0. The third-order valence-electron chi connectivity index (χ3n) is 2.59. The first-order valence-electron chi connectivity index (χ1n) is 8.67. The summed E-state index contributed by atoms with van der Waals surface area (Å²) in [5.74, 6) is 1.28. The second kappa shape index (κ2) is 12.0. The maximum atomic E-state index is 11.3. The van der Waals surface area contributed by atoms with E-state index >= 15 is 0 Å². The lowest BCUT2D eigenvalue weighted by molar-refractivity contribution is -0.109. The SMILES string of the molecule is CC(C)C.CN=C(NC(=CO)OC(C)(C)C)NC(C=O)c1ccccc1. The van der Waals surface area contributed by atoms with Gasteiger partial charge in [0.1, 0.15) is 24.2 Å². The van der Waals surface area contributed by atoms with E-state index in [0.717, 1.165) is 24.0 Å². The van der Waals surface area contributed by atoms with Gasteiger partial charge in [-0.05, 0) is 32.3 Å². The second-order valence-corrected chi connectivity index (χ2v) is 7.31. The van der Waals surface area contributed by atoms with Crippen molar-refractivity contribution >= 4 is 12.2 Å². The van der Waals surface area contributed by atoms with Crippen molar-refractivity contribution in [2.24, 2.45) is 10.9 Å². The van der Waals surface area contributed by atoms with E-state index < -0.39 is 11.6 Å². The van der Waals surface area contributed by atoms with Crippen LogP contribution >= 0.6 is 0 Å². The van der Waals surface area contributed by atoms with Gasteiger partial charge in [0.05, 0.1) is 0 Å². The monoisotopic (exact) mass is 363 g/mol. The maximum absolute atomic E-state index is 11.3. The third-order valence-corrected chi connectivity index (χ3v) is 2.59. The minimum absolute atomic E-state index is 0.137. The molecule has 0 aliphatic heterocycles. The summed E-state index contributed by atoms with van der Waals surface area (Å²) >= 11 is 0. The zero-order valence-electron chi connectivity index (χ0n) is 16.9. The molecule has 1 atom stereocenters. The average Bonchev–Trinajstić information content (AvgIpc) is 2.56. The van der Waals surface area contributed by atoms with Crippen LogP contribution in [0.5, 0.6) is 0 Å². The number of aliphatic hydroxyl groups is 1. The fourth-order valence-electron chi connectivity index (χ4n) is 1.69. The Bertz CT molecular complexity index is 573. The normalized spacial score (nSPS) is 13.4. The zero-order chi connectivity index (χ0) is 20.2. The van der Waals surface area contributed by atoms with Crippen LogP contribution in [0.4, 0.5) is 0 Å². The first-order chi connectivity index (χ1) is 12.1. The fourth-order valence-corrected chi connectivity index (χ4v) is 1.69. The van der Waals surface area contributed by atoms with Gasteiger partial charge in [-0.3, -0.25) is 10.3 Å². The van der Waals surface area contributed by atoms with Crippen molar-refractivity contribution in [1.82, 2.24) is 10.6 Å². The van der Waals surface area contributed by atoms with Gasteiger partial charge >= 0.3 is 0 Å². The molecule has 1 rings (SSSR count). The van der Waals surface area contributed by atoms with E-state index in [1.165, 1.54) is 0 Å². The summed E-state index contributed by atoms with van der Waals surface area (Å²) in [6.07, 6.45) is 1.60. The van der Waals surface area contributed by atoms with Gasteiger partial charge in [-0.15, -0.1) is 0 Å². The van der Waals surface area contributed by atoms with Crippen molar-refractivity contribution < 1.29 is 14.6 Å². The Kier molecular flexibility index (Phi) is 10.8. The number of carbonyl (C=O) groups is 1. The Hall–Kier alpha value is -2.50. The van der Waals surface area contributed by atoms with Crippen LogP contribution in [0.3, 0.4) is 0 Å². The summed E-state index contributed by atoms with van der Waals surface area (Å²) in [6, 6.07) is 8.71. The van der Waals surface area contributed by atoms with Crippen molar-refractivity contribution in [2.75, 3.05) is 7.05 Å². The standard InChI is InChI=1S/C16H23N3O3.C4H10/c1-16(2,3)22-14(11-21)19-15(17-4)18-13(10-20)12-8-6-5-7-9-12;1-4(2)3/h5-11,13,21H,1-4H3,(H2,17,18,19);4H,1-3H3. The van der Waals surface area contributed by atoms with Crippen LogP contribution in [0.1, 0.15) is 53.1 Å². The van der Waals surface area contributed by atoms with Crippen molar-refractivity contribution in [2.45, 2.75) is 53.2 Å². The number of hydrogen-bond acceptors (Lipinski definition) is 4. The lowest BCUT2D eigenvalue weighted by Gasteiger charge is -2.24. The molecule has 0 aliphatic carbocycles. The Balaban J connectivity index is 0.00000141. The van der Waals surface area contributed by atoms with E-state index in [1.54, 1.807) is 7.05 Å². The number of guanidine groups is 1. The molecule has 146 valence electrons. The van der Waals surface area contributed by atoms with Gasteiger partial charge in [0.2, 0.25) is 5.88 Å². The predicted molar refractivity (Wildman–Crippen MR) is 107 cm³/mol. The zero-order valence-corrected chi connectivity index (χ0v) is 16.9. The Morgan fingerprint density at radius 2 is 1.73 bits per heavy atom. The van der Waals surface area contributed by atoms with E-state index in [0.29, 0.717) is 5.96 Å². The highest BCUT2D eigenvalue weighted by Gasteiger charge is 2.17. The van der Waals surface area contributed by atoms with Crippen molar-refractivity contribution in [3.8, 4) is 0 Å². The summed E-state index contributed by atoms with van der Waals surface area (Å²) in [4.78, 5) is 15.3. The van der Waals surface area contributed by atoms with Crippen LogP contribution in [0, 0.1) is 5.92 Å². The van der Waals surface area contributed by atoms with Crippen LogP contribution in [-0.4, -0.2) is 30.0 Å². The molecule has 0 fully saturated rings. The molecule has 3 N–H and O–H groups in total. The molecule has 1 unspecified atom stereocenters. The average molecular weight is 364 g/mol. The van der Waals surface area contributed by atoms with E-state index in [1.807, 2.05) is 51.1 Å². The smallest absolute Gasteiger partial charge is 0.229 e. The number of nitrogens with zero attached hydrogens (tertiary/aromatic N) is 1. The van der Waals surface area contributed by atoms with E-state index in [-0.39, 0.29) is 5.88 Å². The third kappa shape index (κ3) is 11.1. The fraction of sp³-hybridized carbons (Fsp3) is 0.500. The van der Waals surface area contributed by atoms with Crippen LogP contribution in [0.15, 0.2) is 47.5 Å². The number of rotatable bonds is 5. The van der Waals surface area contributed by atoms with Gasteiger partial charge in [-0.25, -0.2) is 0 Å². The van der Waals surface area contributed by atoms with Gasteiger partial charge in [0.25, 0.3) is 0 Å². The van der Waals surface area contributed by atoms with Crippen LogP contribution in [0.25, 0.3) is 0 Å². The van der Waals surface area contributed by atoms with Crippen molar-refractivity contribution in [3.05, 3.63) is 48.0 Å². The molecule has 0 heterocycles. The highest BCUT2D eigenvalue weighted by Crippen LogP contribution is 2.12. The lowest BCUT2D eigenvalue weighted by Crippen LogP contribution is -2.41.